The molecule has 1 aromatic rings. The Bertz CT molecular complexity index is 940. The van der Waals surface area contributed by atoms with E-state index in [9.17, 15) is 14.7 Å². The first-order valence-corrected chi connectivity index (χ1v) is 16.1. The molecule has 3 N–H and O–H groups in total. The van der Waals surface area contributed by atoms with Gasteiger partial charge in [-0.15, -0.1) is 9.24 Å². The molecule has 0 radical (unpaired) electrons. The van der Waals surface area contributed by atoms with Gasteiger partial charge in [-0.1, -0.05) is 32.1 Å². The number of rotatable bonds is 17. The van der Waals surface area contributed by atoms with E-state index in [0.29, 0.717) is 50.1 Å². The second kappa shape index (κ2) is 18.6. The summed E-state index contributed by atoms with van der Waals surface area (Å²) in [5, 5.41) is 17.4. The van der Waals surface area contributed by atoms with Crippen LogP contribution in [0.25, 0.3) is 0 Å². The Kier molecular flexibility index (Phi) is 15.3. The fourth-order valence-electron chi connectivity index (χ4n) is 5.89. The number of aliphatic hydroxyl groups is 1. The number of ether oxygens (including phenoxy) is 4. The van der Waals surface area contributed by atoms with E-state index in [1.807, 2.05) is 18.2 Å². The monoisotopic (exact) mass is 609 g/mol. The van der Waals surface area contributed by atoms with E-state index in [-0.39, 0.29) is 18.3 Å². The third-order valence-corrected chi connectivity index (χ3v) is 9.15. The Labute approximate surface area is 253 Å². The second-order valence-electron chi connectivity index (χ2n) is 11.6. The van der Waals surface area contributed by atoms with E-state index in [0.717, 1.165) is 57.1 Å². The number of methoxy groups -OCH3 is 3. The lowest BCUT2D eigenvalue weighted by molar-refractivity contribution is -0.146. The van der Waals surface area contributed by atoms with Crippen LogP contribution in [0.15, 0.2) is 18.2 Å². The highest BCUT2D eigenvalue weighted by atomic mass is 31.0. The third kappa shape index (κ3) is 11.3. The molecule has 238 valence electrons. The molecular formula is C31H52N3O7P. The van der Waals surface area contributed by atoms with Crippen LogP contribution >= 0.6 is 9.24 Å². The summed E-state index contributed by atoms with van der Waals surface area (Å²) in [6.45, 7) is 3.13. The van der Waals surface area contributed by atoms with Gasteiger partial charge in [0.05, 0.1) is 32.2 Å². The molecule has 1 aromatic carbocycles. The molecule has 10 nitrogen and oxygen atoms in total. The Morgan fingerprint density at radius 3 is 2.38 bits per heavy atom. The van der Waals surface area contributed by atoms with Crippen LogP contribution in [0.3, 0.4) is 0 Å². The first-order valence-electron chi connectivity index (χ1n) is 15.4. The first-order chi connectivity index (χ1) is 20.3. The van der Waals surface area contributed by atoms with Crippen LogP contribution in [0.4, 0.5) is 0 Å². The van der Waals surface area contributed by atoms with Crippen molar-refractivity contribution >= 4 is 21.1 Å². The van der Waals surface area contributed by atoms with Crippen molar-refractivity contribution in [3.63, 3.8) is 0 Å². The zero-order valence-electron chi connectivity index (χ0n) is 25.6. The van der Waals surface area contributed by atoms with Crippen LogP contribution in [0.5, 0.6) is 11.5 Å². The van der Waals surface area contributed by atoms with E-state index >= 15 is 0 Å². The summed E-state index contributed by atoms with van der Waals surface area (Å²) >= 11 is 0. The zero-order valence-corrected chi connectivity index (χ0v) is 26.8. The molecule has 0 bridgehead atoms. The van der Waals surface area contributed by atoms with Crippen LogP contribution < -0.4 is 20.1 Å². The predicted molar refractivity (Wildman–Crippen MR) is 166 cm³/mol. The molecule has 0 spiro atoms. The SMILES string of the molecule is COCCCCOC(P)C1CCN(C(=O)C(=O)N[C@@H](CC2CCCCC2)[C@H](O)CNCc2cc(OC)cc(OC)c2)C1. The normalized spacial score (nSPS) is 19.7. The molecule has 1 saturated heterocycles. The molecular weight excluding hydrogens is 557 g/mol. The fourth-order valence-corrected chi connectivity index (χ4v) is 6.34. The molecule has 0 aromatic heterocycles. The molecule has 5 atom stereocenters. The molecule has 3 unspecified atom stereocenters. The quantitative estimate of drug-likeness (QED) is 0.140. The van der Waals surface area contributed by atoms with Gasteiger partial charge < -0.3 is 39.6 Å². The lowest BCUT2D eigenvalue weighted by atomic mass is 9.83. The van der Waals surface area contributed by atoms with Crippen molar-refractivity contribution in [2.75, 3.05) is 54.2 Å². The van der Waals surface area contributed by atoms with Crippen molar-refractivity contribution in [3.05, 3.63) is 23.8 Å². The number of hydrogen-bond donors (Lipinski definition) is 3. The number of amides is 2. The number of nitrogens with zero attached hydrogens (tertiary/aromatic N) is 1. The minimum absolute atomic E-state index is 0.0649. The average Bonchev–Trinajstić information content (AvgIpc) is 3.51. The van der Waals surface area contributed by atoms with Crippen LogP contribution in [0.1, 0.15) is 63.4 Å². The van der Waals surface area contributed by atoms with Crippen molar-refractivity contribution < 1.29 is 33.6 Å². The fraction of sp³-hybridized carbons (Fsp3) is 0.742. The molecule has 42 heavy (non-hydrogen) atoms. The Morgan fingerprint density at radius 2 is 1.71 bits per heavy atom. The number of carbonyl (C=O) groups excluding carboxylic acids is 2. The molecule has 3 rings (SSSR count). The number of benzene rings is 1. The van der Waals surface area contributed by atoms with Crippen molar-refractivity contribution in [1.29, 1.82) is 0 Å². The molecule has 1 aliphatic heterocycles. The summed E-state index contributed by atoms with van der Waals surface area (Å²) < 4.78 is 21.7. The third-order valence-electron chi connectivity index (χ3n) is 8.41. The summed E-state index contributed by atoms with van der Waals surface area (Å²) in [5.74, 6) is 0.728. The number of likely N-dealkylation sites (tertiary alicyclic amines) is 1. The Hall–Kier alpha value is -1.97. The highest BCUT2D eigenvalue weighted by Gasteiger charge is 2.35. The molecule has 2 aliphatic rings. The highest BCUT2D eigenvalue weighted by molar-refractivity contribution is 7.17. The number of hydrogen-bond acceptors (Lipinski definition) is 8. The number of aliphatic hydroxyl groups excluding tert-OH is 1. The topological polar surface area (TPSA) is 119 Å². The van der Waals surface area contributed by atoms with Gasteiger partial charge in [0.25, 0.3) is 0 Å². The van der Waals surface area contributed by atoms with E-state index in [4.69, 9.17) is 18.9 Å². The maximum absolute atomic E-state index is 13.2. The van der Waals surface area contributed by atoms with Gasteiger partial charge in [-0.05, 0) is 49.3 Å². The molecule has 1 aliphatic carbocycles. The van der Waals surface area contributed by atoms with Gasteiger partial charge >= 0.3 is 11.8 Å². The smallest absolute Gasteiger partial charge is 0.311 e. The minimum Gasteiger partial charge on any atom is -0.497 e. The van der Waals surface area contributed by atoms with Gasteiger partial charge in [-0.25, -0.2) is 0 Å². The summed E-state index contributed by atoms with van der Waals surface area (Å²) in [6.07, 6.45) is 8.19. The second-order valence-corrected chi connectivity index (χ2v) is 12.2. The minimum atomic E-state index is -0.842. The summed E-state index contributed by atoms with van der Waals surface area (Å²) in [4.78, 5) is 27.9. The maximum atomic E-state index is 13.2. The number of carbonyl (C=O) groups is 2. The van der Waals surface area contributed by atoms with Gasteiger partial charge in [0.15, 0.2) is 0 Å². The van der Waals surface area contributed by atoms with Gasteiger partial charge in [-0.2, -0.15) is 0 Å². The highest BCUT2D eigenvalue weighted by Crippen LogP contribution is 2.29. The van der Waals surface area contributed by atoms with Crippen LogP contribution in [-0.2, 0) is 25.6 Å². The van der Waals surface area contributed by atoms with Crippen LogP contribution in [0.2, 0.25) is 0 Å². The molecule has 11 heteroatoms. The predicted octanol–water partition coefficient (Wildman–Crippen LogP) is 3.10. The van der Waals surface area contributed by atoms with E-state index < -0.39 is 24.0 Å². The molecule has 1 saturated carbocycles. The summed E-state index contributed by atoms with van der Waals surface area (Å²) in [6, 6.07) is 5.12. The van der Waals surface area contributed by atoms with Crippen molar-refractivity contribution in [1.82, 2.24) is 15.5 Å². The zero-order chi connectivity index (χ0) is 30.3. The largest absolute Gasteiger partial charge is 0.497 e. The lowest BCUT2D eigenvalue weighted by Crippen LogP contribution is -2.52. The summed E-state index contributed by atoms with van der Waals surface area (Å²) in [7, 11) is 7.65. The van der Waals surface area contributed by atoms with E-state index in [1.54, 1.807) is 26.2 Å². The lowest BCUT2D eigenvalue weighted by Gasteiger charge is -2.30. The standard InChI is InChI=1S/C31H52N3O7P/c1-38-13-7-8-14-41-31(42)24-11-12-34(21-24)30(37)29(36)33-27(17-22-9-5-4-6-10-22)28(35)20-32-19-23-15-25(39-2)18-26(16-23)40-3/h15-16,18,22,24,27-28,31-32,35H,4-14,17,19-21,42H2,1-3H3,(H,33,36)/t24?,27-,28+,31?/m0/s1. The Balaban J connectivity index is 1.53. The van der Waals surface area contributed by atoms with Crippen molar-refractivity contribution in [2.24, 2.45) is 11.8 Å². The van der Waals surface area contributed by atoms with Crippen molar-refractivity contribution in [2.45, 2.75) is 82.3 Å². The number of nitrogens with one attached hydrogen (secondary N) is 2. The van der Waals surface area contributed by atoms with Crippen molar-refractivity contribution in [3.8, 4) is 11.5 Å². The average molecular weight is 610 g/mol. The van der Waals surface area contributed by atoms with E-state index in [2.05, 4.69) is 19.9 Å². The molecule has 2 amide bonds. The number of unbranched alkanes of at least 4 members (excludes halogenated alkanes) is 1. The van der Waals surface area contributed by atoms with Gasteiger partial charge in [0.1, 0.15) is 11.5 Å². The van der Waals surface area contributed by atoms with E-state index in [1.165, 1.54) is 6.42 Å². The molecule has 2 fully saturated rings. The molecule has 1 heterocycles. The Morgan fingerprint density at radius 1 is 1.02 bits per heavy atom. The van der Waals surface area contributed by atoms with Gasteiger partial charge in [0.2, 0.25) is 0 Å². The van der Waals surface area contributed by atoms with Gasteiger partial charge in [0, 0.05) is 58.5 Å². The summed E-state index contributed by atoms with van der Waals surface area (Å²) in [5.41, 5.74) is 0.955. The maximum Gasteiger partial charge on any atom is 0.311 e. The van der Waals surface area contributed by atoms with Gasteiger partial charge in [-0.3, -0.25) is 9.59 Å². The van der Waals surface area contributed by atoms with Crippen LogP contribution in [-0.4, -0.2) is 94.0 Å². The van der Waals surface area contributed by atoms with Crippen LogP contribution in [0, 0.1) is 11.8 Å². The first kappa shape index (κ1) is 34.5.